The molecule has 0 bridgehead atoms. The first-order valence-electron chi connectivity index (χ1n) is 6.69. The third-order valence-corrected chi connectivity index (χ3v) is 4.40. The number of benzene rings is 2. The molecule has 3 nitrogen and oxygen atoms in total. The highest BCUT2D eigenvalue weighted by Crippen LogP contribution is 2.21. The lowest BCUT2D eigenvalue weighted by molar-refractivity contribution is -0.115. The molecule has 110 valence electrons. The van der Waals surface area contributed by atoms with Crippen molar-refractivity contribution >= 4 is 34.2 Å². The number of rotatable bonds is 4. The summed E-state index contributed by atoms with van der Waals surface area (Å²) in [4.78, 5) is 12.2. The van der Waals surface area contributed by atoms with Crippen molar-refractivity contribution < 1.29 is 9.53 Å². The molecule has 0 spiro atoms. The van der Waals surface area contributed by atoms with Gasteiger partial charge in [-0.05, 0) is 60.2 Å². The summed E-state index contributed by atoms with van der Waals surface area (Å²) in [6.07, 6.45) is 0.301. The summed E-state index contributed by atoms with van der Waals surface area (Å²) < 4.78 is 6.44. The minimum atomic E-state index is -0.0430. The number of halogens is 1. The molecule has 1 amide bonds. The van der Waals surface area contributed by atoms with Gasteiger partial charge in [0.2, 0.25) is 5.91 Å². The van der Waals surface area contributed by atoms with Gasteiger partial charge in [0.1, 0.15) is 5.75 Å². The Bertz CT molecular complexity index is 668. The van der Waals surface area contributed by atoms with E-state index in [2.05, 4.69) is 27.9 Å². The molecule has 0 unspecified atom stereocenters. The van der Waals surface area contributed by atoms with Crippen LogP contribution in [0.5, 0.6) is 5.75 Å². The minimum Gasteiger partial charge on any atom is -0.496 e. The fourth-order valence-electron chi connectivity index (χ4n) is 2.09. The van der Waals surface area contributed by atoms with Crippen molar-refractivity contribution in [1.29, 1.82) is 0 Å². The summed E-state index contributed by atoms with van der Waals surface area (Å²) in [6.45, 7) is 4.05. The Morgan fingerprint density at radius 1 is 1.19 bits per heavy atom. The summed E-state index contributed by atoms with van der Waals surface area (Å²) in [5, 5.41) is 2.93. The van der Waals surface area contributed by atoms with E-state index in [1.165, 1.54) is 5.56 Å². The van der Waals surface area contributed by atoms with Crippen LogP contribution in [-0.4, -0.2) is 13.0 Å². The van der Waals surface area contributed by atoms with Crippen LogP contribution in [0, 0.1) is 17.4 Å². The second kappa shape index (κ2) is 6.93. The highest BCUT2D eigenvalue weighted by molar-refractivity contribution is 14.1. The van der Waals surface area contributed by atoms with Crippen molar-refractivity contribution in [2.45, 2.75) is 20.3 Å². The van der Waals surface area contributed by atoms with Crippen LogP contribution in [0.25, 0.3) is 0 Å². The maximum absolute atomic E-state index is 12.2. The summed E-state index contributed by atoms with van der Waals surface area (Å²) in [5.74, 6) is 0.702. The Morgan fingerprint density at radius 2 is 1.95 bits per heavy atom. The fourth-order valence-corrected chi connectivity index (χ4v) is 2.61. The smallest absolute Gasteiger partial charge is 0.228 e. The number of hydrogen-bond donors (Lipinski definition) is 1. The number of nitrogens with one attached hydrogen (secondary N) is 1. The summed E-state index contributed by atoms with van der Waals surface area (Å²) in [5.41, 5.74) is 4.04. The van der Waals surface area contributed by atoms with Gasteiger partial charge in [0.25, 0.3) is 0 Å². The fraction of sp³-hybridized carbons (Fsp3) is 0.235. The minimum absolute atomic E-state index is 0.0430. The Labute approximate surface area is 138 Å². The van der Waals surface area contributed by atoms with E-state index in [1.54, 1.807) is 7.11 Å². The third kappa shape index (κ3) is 4.20. The Hall–Kier alpha value is -1.56. The van der Waals surface area contributed by atoms with Crippen LogP contribution in [0.2, 0.25) is 0 Å². The second-order valence-electron chi connectivity index (χ2n) is 5.00. The van der Waals surface area contributed by atoms with Gasteiger partial charge in [0.05, 0.1) is 13.5 Å². The molecular formula is C17H18INO2. The van der Waals surface area contributed by atoms with Crippen molar-refractivity contribution in [3.8, 4) is 5.75 Å². The van der Waals surface area contributed by atoms with Crippen LogP contribution in [0.1, 0.15) is 16.7 Å². The first-order chi connectivity index (χ1) is 9.99. The molecule has 0 atom stereocenters. The lowest BCUT2D eigenvalue weighted by atomic mass is 10.1. The number of carbonyl (C=O) groups is 1. The van der Waals surface area contributed by atoms with Crippen molar-refractivity contribution in [2.75, 3.05) is 12.4 Å². The molecule has 0 aliphatic heterocycles. The van der Waals surface area contributed by atoms with E-state index in [1.807, 2.05) is 50.2 Å². The molecule has 2 aromatic rings. The third-order valence-electron chi connectivity index (χ3n) is 3.24. The predicted molar refractivity (Wildman–Crippen MR) is 94.0 cm³/mol. The molecule has 0 aliphatic carbocycles. The van der Waals surface area contributed by atoms with E-state index in [9.17, 15) is 4.79 Å². The van der Waals surface area contributed by atoms with Crippen molar-refractivity contribution in [3.05, 3.63) is 56.7 Å². The van der Waals surface area contributed by atoms with Crippen LogP contribution >= 0.6 is 22.6 Å². The van der Waals surface area contributed by atoms with Gasteiger partial charge >= 0.3 is 0 Å². The van der Waals surface area contributed by atoms with Crippen molar-refractivity contribution in [1.82, 2.24) is 0 Å². The van der Waals surface area contributed by atoms with Gasteiger partial charge in [0, 0.05) is 14.8 Å². The number of amides is 1. The molecule has 0 saturated heterocycles. The predicted octanol–water partition coefficient (Wildman–Crippen LogP) is 4.10. The monoisotopic (exact) mass is 395 g/mol. The van der Waals surface area contributed by atoms with Gasteiger partial charge in [-0.2, -0.15) is 0 Å². The van der Waals surface area contributed by atoms with Gasteiger partial charge in [-0.1, -0.05) is 23.8 Å². The lowest BCUT2D eigenvalue weighted by Crippen LogP contribution is -2.15. The highest BCUT2D eigenvalue weighted by Gasteiger charge is 2.10. The van der Waals surface area contributed by atoms with E-state index in [-0.39, 0.29) is 5.91 Å². The van der Waals surface area contributed by atoms with E-state index >= 15 is 0 Å². The Balaban J connectivity index is 2.11. The zero-order valence-corrected chi connectivity index (χ0v) is 14.5. The summed E-state index contributed by atoms with van der Waals surface area (Å²) >= 11 is 2.26. The molecule has 0 radical (unpaired) electrons. The lowest BCUT2D eigenvalue weighted by Gasteiger charge is -2.10. The zero-order chi connectivity index (χ0) is 15.4. The van der Waals surface area contributed by atoms with Crippen LogP contribution in [-0.2, 0) is 11.2 Å². The van der Waals surface area contributed by atoms with Gasteiger partial charge in [0.15, 0.2) is 0 Å². The van der Waals surface area contributed by atoms with E-state index < -0.39 is 0 Å². The average Bonchev–Trinajstić information content (AvgIpc) is 2.43. The molecule has 21 heavy (non-hydrogen) atoms. The normalized spacial score (nSPS) is 10.3. The Morgan fingerprint density at radius 3 is 2.62 bits per heavy atom. The zero-order valence-electron chi connectivity index (χ0n) is 12.4. The van der Waals surface area contributed by atoms with Gasteiger partial charge < -0.3 is 10.1 Å². The first-order valence-corrected chi connectivity index (χ1v) is 7.77. The average molecular weight is 395 g/mol. The quantitative estimate of drug-likeness (QED) is 0.792. The number of hydrogen-bond acceptors (Lipinski definition) is 2. The largest absolute Gasteiger partial charge is 0.496 e. The number of carbonyl (C=O) groups excluding carboxylic acids is 1. The van der Waals surface area contributed by atoms with Crippen LogP contribution in [0.3, 0.4) is 0 Å². The molecule has 4 heteroatoms. The summed E-state index contributed by atoms with van der Waals surface area (Å²) in [7, 11) is 1.62. The van der Waals surface area contributed by atoms with Crippen LogP contribution in [0.15, 0.2) is 36.4 Å². The molecule has 0 saturated carbocycles. The molecular weight excluding hydrogens is 377 g/mol. The van der Waals surface area contributed by atoms with Crippen molar-refractivity contribution in [3.63, 3.8) is 0 Å². The molecule has 0 aromatic heterocycles. The van der Waals surface area contributed by atoms with Gasteiger partial charge in [-0.25, -0.2) is 0 Å². The van der Waals surface area contributed by atoms with Gasteiger partial charge in [-0.3, -0.25) is 4.79 Å². The molecule has 2 rings (SSSR count). The molecule has 2 aromatic carbocycles. The number of ether oxygens (including phenoxy) is 1. The van der Waals surface area contributed by atoms with E-state index in [0.29, 0.717) is 6.42 Å². The SMILES string of the molecule is COc1ccc(C)cc1CC(=O)Nc1ccc(C)c(I)c1. The highest BCUT2D eigenvalue weighted by atomic mass is 127. The maximum atomic E-state index is 12.2. The molecule has 1 N–H and O–H groups in total. The number of methoxy groups -OCH3 is 1. The standard InChI is InChI=1S/C17H18INO2/c1-11-4-7-16(21-3)13(8-11)9-17(20)19-14-6-5-12(2)15(18)10-14/h4-8,10H,9H2,1-3H3,(H,19,20). The van der Waals surface area contributed by atoms with Gasteiger partial charge in [-0.15, -0.1) is 0 Å². The first kappa shape index (κ1) is 15.8. The molecule has 0 fully saturated rings. The van der Waals surface area contributed by atoms with Crippen LogP contribution in [0.4, 0.5) is 5.69 Å². The maximum Gasteiger partial charge on any atom is 0.228 e. The Kier molecular flexibility index (Phi) is 5.22. The summed E-state index contributed by atoms with van der Waals surface area (Å²) in [6, 6.07) is 11.8. The molecule has 0 heterocycles. The number of anilines is 1. The van der Waals surface area contributed by atoms with Crippen LogP contribution < -0.4 is 10.1 Å². The topological polar surface area (TPSA) is 38.3 Å². The molecule has 0 aliphatic rings. The number of aryl methyl sites for hydroxylation is 2. The van der Waals surface area contributed by atoms with E-state index in [4.69, 9.17) is 4.74 Å². The van der Waals surface area contributed by atoms with E-state index in [0.717, 1.165) is 26.1 Å². The second-order valence-corrected chi connectivity index (χ2v) is 6.17. The van der Waals surface area contributed by atoms with Crippen molar-refractivity contribution in [2.24, 2.45) is 0 Å².